The molecule has 2 rings (SSSR count). The third-order valence-electron chi connectivity index (χ3n) is 4.05. The van der Waals surface area contributed by atoms with Gasteiger partial charge in [-0.1, -0.05) is 19.9 Å². The van der Waals surface area contributed by atoms with E-state index in [-0.39, 0.29) is 0 Å². The summed E-state index contributed by atoms with van der Waals surface area (Å²) in [6.45, 7) is 5.35. The quantitative estimate of drug-likeness (QED) is 0.862. The maximum atomic E-state index is 6.19. The molecule has 0 spiro atoms. The van der Waals surface area contributed by atoms with Crippen LogP contribution in [-0.4, -0.2) is 25.8 Å². The highest BCUT2D eigenvalue weighted by atomic mass is 16.5. The molecule has 1 fully saturated rings. The number of nitrogens with one attached hydrogen (secondary N) is 1. The summed E-state index contributed by atoms with van der Waals surface area (Å²) in [5.41, 5.74) is 1.28. The Kier molecular flexibility index (Phi) is 5.72. The zero-order valence-electron chi connectivity index (χ0n) is 12.9. The van der Waals surface area contributed by atoms with Crippen LogP contribution in [0.3, 0.4) is 0 Å². The van der Waals surface area contributed by atoms with Gasteiger partial charge >= 0.3 is 0 Å². The number of benzene rings is 1. The number of hydrogen-bond acceptors (Lipinski definition) is 3. The topological polar surface area (TPSA) is 30.5 Å². The normalized spacial score (nSPS) is 22.6. The van der Waals surface area contributed by atoms with Gasteiger partial charge in [0.25, 0.3) is 0 Å². The summed E-state index contributed by atoms with van der Waals surface area (Å²) in [7, 11) is 1.71. The molecule has 0 saturated heterocycles. The van der Waals surface area contributed by atoms with E-state index in [1.165, 1.54) is 18.4 Å². The summed E-state index contributed by atoms with van der Waals surface area (Å²) in [5.74, 6) is 1.74. The van der Waals surface area contributed by atoms with E-state index in [9.17, 15) is 0 Å². The summed E-state index contributed by atoms with van der Waals surface area (Å²) in [5, 5.41) is 3.54. The maximum absolute atomic E-state index is 6.19. The van der Waals surface area contributed by atoms with Crippen LogP contribution in [-0.2, 0) is 6.42 Å². The fourth-order valence-electron chi connectivity index (χ4n) is 2.93. The maximum Gasteiger partial charge on any atom is 0.161 e. The smallest absolute Gasteiger partial charge is 0.161 e. The Morgan fingerprint density at radius 1 is 1.20 bits per heavy atom. The van der Waals surface area contributed by atoms with E-state index in [1.54, 1.807) is 7.11 Å². The van der Waals surface area contributed by atoms with Crippen LogP contribution in [0.5, 0.6) is 11.5 Å². The lowest BCUT2D eigenvalue weighted by Gasteiger charge is -2.30. The molecule has 2 atom stereocenters. The number of aryl methyl sites for hydroxylation is 1. The first-order valence-electron chi connectivity index (χ1n) is 7.83. The number of rotatable bonds is 6. The highest BCUT2D eigenvalue weighted by Gasteiger charge is 2.23. The van der Waals surface area contributed by atoms with Gasteiger partial charge in [0.05, 0.1) is 7.11 Å². The molecule has 1 aromatic rings. The second-order valence-corrected chi connectivity index (χ2v) is 5.50. The lowest BCUT2D eigenvalue weighted by Crippen LogP contribution is -2.37. The van der Waals surface area contributed by atoms with Crippen LogP contribution >= 0.6 is 0 Å². The fraction of sp³-hybridized carbons (Fsp3) is 0.647. The van der Waals surface area contributed by atoms with Crippen molar-refractivity contribution >= 4 is 0 Å². The summed E-state index contributed by atoms with van der Waals surface area (Å²) in [6.07, 6.45) is 6.04. The largest absolute Gasteiger partial charge is 0.493 e. The van der Waals surface area contributed by atoms with Gasteiger partial charge in [0.2, 0.25) is 0 Å². The van der Waals surface area contributed by atoms with E-state index in [1.807, 2.05) is 0 Å². The molecule has 20 heavy (non-hydrogen) atoms. The van der Waals surface area contributed by atoms with Crippen molar-refractivity contribution in [3.63, 3.8) is 0 Å². The Morgan fingerprint density at radius 3 is 2.75 bits per heavy atom. The SMILES string of the molecule is CCNC1CCCC(Oc2ccc(CC)cc2OC)C1. The van der Waals surface area contributed by atoms with Crippen molar-refractivity contribution in [3.05, 3.63) is 23.8 Å². The average molecular weight is 277 g/mol. The Balaban J connectivity index is 2.01. The molecule has 0 aromatic heterocycles. The van der Waals surface area contributed by atoms with Crippen LogP contribution in [0.1, 0.15) is 45.1 Å². The summed E-state index contributed by atoms with van der Waals surface area (Å²) >= 11 is 0. The van der Waals surface area contributed by atoms with Gasteiger partial charge in [-0.2, -0.15) is 0 Å². The molecular weight excluding hydrogens is 250 g/mol. The van der Waals surface area contributed by atoms with Crippen molar-refractivity contribution in [2.45, 2.75) is 58.1 Å². The van der Waals surface area contributed by atoms with E-state index in [0.717, 1.165) is 37.3 Å². The first-order valence-corrected chi connectivity index (χ1v) is 7.83. The Labute approximate surface area is 122 Å². The van der Waals surface area contributed by atoms with Crippen LogP contribution in [0.15, 0.2) is 18.2 Å². The molecule has 0 aliphatic heterocycles. The van der Waals surface area contributed by atoms with Gasteiger partial charge in [0.15, 0.2) is 11.5 Å². The minimum absolute atomic E-state index is 0.300. The number of hydrogen-bond donors (Lipinski definition) is 1. The number of methoxy groups -OCH3 is 1. The standard InChI is InChI=1S/C17H27NO2/c1-4-13-9-10-16(17(11-13)19-3)20-15-8-6-7-14(12-15)18-5-2/h9-11,14-15,18H,4-8,12H2,1-3H3. The Morgan fingerprint density at radius 2 is 2.05 bits per heavy atom. The van der Waals surface area contributed by atoms with Crippen molar-refractivity contribution in [2.75, 3.05) is 13.7 Å². The minimum atomic E-state index is 0.300. The monoisotopic (exact) mass is 277 g/mol. The predicted octanol–water partition coefficient (Wildman–Crippen LogP) is 3.56. The highest BCUT2D eigenvalue weighted by molar-refractivity contribution is 5.43. The van der Waals surface area contributed by atoms with Crippen LogP contribution in [0.4, 0.5) is 0 Å². The summed E-state index contributed by atoms with van der Waals surface area (Å²) in [6, 6.07) is 6.86. The van der Waals surface area contributed by atoms with E-state index in [0.29, 0.717) is 12.1 Å². The predicted molar refractivity (Wildman–Crippen MR) is 82.7 cm³/mol. The van der Waals surface area contributed by atoms with Crippen molar-refractivity contribution in [1.82, 2.24) is 5.32 Å². The first-order chi connectivity index (χ1) is 9.76. The van der Waals surface area contributed by atoms with E-state index < -0.39 is 0 Å². The van der Waals surface area contributed by atoms with Crippen LogP contribution in [0.25, 0.3) is 0 Å². The van der Waals surface area contributed by atoms with E-state index >= 15 is 0 Å². The van der Waals surface area contributed by atoms with Gasteiger partial charge in [0.1, 0.15) is 6.10 Å². The molecule has 1 saturated carbocycles. The minimum Gasteiger partial charge on any atom is -0.493 e. The molecule has 0 heterocycles. The van der Waals surface area contributed by atoms with Crippen molar-refractivity contribution in [3.8, 4) is 11.5 Å². The third-order valence-corrected chi connectivity index (χ3v) is 4.05. The van der Waals surface area contributed by atoms with Crippen LogP contribution in [0, 0.1) is 0 Å². The Hall–Kier alpha value is -1.22. The molecule has 0 bridgehead atoms. The molecule has 112 valence electrons. The molecule has 0 amide bonds. The van der Waals surface area contributed by atoms with Gasteiger partial charge < -0.3 is 14.8 Å². The molecule has 3 heteroatoms. The van der Waals surface area contributed by atoms with Gasteiger partial charge in [-0.15, -0.1) is 0 Å². The zero-order chi connectivity index (χ0) is 14.4. The summed E-state index contributed by atoms with van der Waals surface area (Å²) in [4.78, 5) is 0. The second kappa shape index (κ2) is 7.53. The second-order valence-electron chi connectivity index (χ2n) is 5.50. The molecule has 3 nitrogen and oxygen atoms in total. The van der Waals surface area contributed by atoms with E-state index in [4.69, 9.17) is 9.47 Å². The molecule has 1 aliphatic carbocycles. The van der Waals surface area contributed by atoms with Crippen LogP contribution < -0.4 is 14.8 Å². The highest BCUT2D eigenvalue weighted by Crippen LogP contribution is 2.32. The first kappa shape index (κ1) is 15.2. The molecular formula is C17H27NO2. The summed E-state index contributed by atoms with van der Waals surface area (Å²) < 4.78 is 11.7. The molecule has 2 unspecified atom stereocenters. The van der Waals surface area contributed by atoms with Crippen molar-refractivity contribution < 1.29 is 9.47 Å². The molecule has 1 aromatic carbocycles. The lowest BCUT2D eigenvalue weighted by molar-refractivity contribution is 0.131. The molecule has 0 radical (unpaired) electrons. The van der Waals surface area contributed by atoms with Crippen molar-refractivity contribution in [2.24, 2.45) is 0 Å². The van der Waals surface area contributed by atoms with Gasteiger partial charge in [-0.25, -0.2) is 0 Å². The van der Waals surface area contributed by atoms with Crippen molar-refractivity contribution in [1.29, 1.82) is 0 Å². The van der Waals surface area contributed by atoms with Gasteiger partial charge in [0, 0.05) is 6.04 Å². The zero-order valence-corrected chi connectivity index (χ0v) is 12.9. The molecule has 1 N–H and O–H groups in total. The average Bonchev–Trinajstić information content (AvgIpc) is 2.48. The third kappa shape index (κ3) is 3.89. The van der Waals surface area contributed by atoms with Crippen LogP contribution in [0.2, 0.25) is 0 Å². The lowest BCUT2D eigenvalue weighted by atomic mass is 9.93. The fourth-order valence-corrected chi connectivity index (χ4v) is 2.93. The Bertz CT molecular complexity index is 417. The number of ether oxygens (including phenoxy) is 2. The molecule has 1 aliphatic rings. The van der Waals surface area contributed by atoms with Gasteiger partial charge in [-0.3, -0.25) is 0 Å². The van der Waals surface area contributed by atoms with E-state index in [2.05, 4.69) is 37.4 Å². The van der Waals surface area contributed by atoms with Gasteiger partial charge in [-0.05, 0) is 56.3 Å².